The first kappa shape index (κ1) is 20.9. The number of likely N-dealkylation sites (N-methyl/N-ethyl adjacent to an activating group) is 1. The van der Waals surface area contributed by atoms with Gasteiger partial charge in [-0.2, -0.15) is 4.58 Å². The van der Waals surface area contributed by atoms with E-state index in [0.29, 0.717) is 0 Å². The van der Waals surface area contributed by atoms with E-state index >= 15 is 0 Å². The first-order chi connectivity index (χ1) is 14.8. The molecule has 0 unspecified atom stereocenters. The SMILES string of the molecule is CC1=CC(C)=[N+](C)/C1=C(/c1ccc(N)cc1)c1c(C)cc(C)n1B(O)c1ccccc1. The number of aromatic nitrogens is 1. The minimum absolute atomic E-state index is 0.732. The minimum atomic E-state index is -0.782. The Morgan fingerprint density at radius 2 is 1.61 bits per heavy atom. The normalized spacial score (nSPS) is 15.4. The molecule has 0 radical (unpaired) electrons. The molecule has 0 atom stereocenters. The maximum atomic E-state index is 11.4. The Hall–Kier alpha value is -3.31. The molecule has 31 heavy (non-hydrogen) atoms. The molecule has 0 bridgehead atoms. The molecule has 5 heteroatoms. The lowest BCUT2D eigenvalue weighted by molar-refractivity contribution is -0.434. The van der Waals surface area contributed by atoms with Crippen molar-refractivity contribution in [1.29, 1.82) is 0 Å². The number of hydrogen-bond acceptors (Lipinski definition) is 2. The molecule has 3 N–H and O–H groups in total. The number of anilines is 1. The second kappa shape index (κ2) is 8.08. The Morgan fingerprint density at radius 3 is 2.19 bits per heavy atom. The number of nitrogen functional groups attached to an aromatic ring is 1. The summed E-state index contributed by atoms with van der Waals surface area (Å²) in [7, 11) is 1.31. The predicted octanol–water partition coefficient (Wildman–Crippen LogP) is 3.75. The molecule has 2 aromatic carbocycles. The molecule has 0 saturated carbocycles. The fraction of sp³-hybridized carbons (Fsp3) is 0.192. The molecule has 1 aliphatic rings. The third kappa shape index (κ3) is 3.66. The molecule has 0 aliphatic carbocycles. The number of nitrogens with zero attached hydrogens (tertiary/aromatic N) is 2. The summed E-state index contributed by atoms with van der Waals surface area (Å²) < 4.78 is 4.26. The summed E-state index contributed by atoms with van der Waals surface area (Å²) in [6.07, 6.45) is 2.20. The van der Waals surface area contributed by atoms with Crippen LogP contribution in [0.3, 0.4) is 0 Å². The van der Waals surface area contributed by atoms with Gasteiger partial charge in [-0.1, -0.05) is 42.5 Å². The van der Waals surface area contributed by atoms with E-state index in [9.17, 15) is 5.02 Å². The lowest BCUT2D eigenvalue weighted by Crippen LogP contribution is -2.40. The smallest absolute Gasteiger partial charge is 0.428 e. The van der Waals surface area contributed by atoms with Gasteiger partial charge in [-0.25, -0.2) is 0 Å². The van der Waals surface area contributed by atoms with Crippen LogP contribution in [0.2, 0.25) is 0 Å². The molecule has 0 spiro atoms. The van der Waals surface area contributed by atoms with E-state index in [1.165, 1.54) is 11.3 Å². The van der Waals surface area contributed by atoms with Gasteiger partial charge in [0.05, 0.1) is 5.57 Å². The van der Waals surface area contributed by atoms with Crippen LogP contribution in [0, 0.1) is 13.8 Å². The number of rotatable bonds is 4. The second-order valence-electron chi connectivity index (χ2n) is 8.35. The van der Waals surface area contributed by atoms with Crippen molar-refractivity contribution in [2.75, 3.05) is 12.8 Å². The molecule has 0 fully saturated rings. The van der Waals surface area contributed by atoms with Crippen molar-refractivity contribution in [3.05, 3.63) is 101 Å². The molecule has 1 aromatic heterocycles. The van der Waals surface area contributed by atoms with Crippen LogP contribution in [0.1, 0.15) is 36.4 Å². The van der Waals surface area contributed by atoms with Gasteiger partial charge < -0.3 is 15.2 Å². The predicted molar refractivity (Wildman–Crippen MR) is 131 cm³/mol. The first-order valence-electron chi connectivity index (χ1n) is 10.6. The monoisotopic (exact) mass is 410 g/mol. The Balaban J connectivity index is 2.05. The Bertz CT molecular complexity index is 1230. The fourth-order valence-corrected chi connectivity index (χ4v) is 4.54. The van der Waals surface area contributed by atoms with E-state index in [1.54, 1.807) is 0 Å². The third-order valence-electron chi connectivity index (χ3n) is 6.10. The molecule has 3 aromatic rings. The second-order valence-corrected chi connectivity index (χ2v) is 8.35. The quantitative estimate of drug-likeness (QED) is 0.391. The highest BCUT2D eigenvalue weighted by Crippen LogP contribution is 2.36. The first-order valence-corrected chi connectivity index (χ1v) is 10.6. The van der Waals surface area contributed by atoms with Crippen molar-refractivity contribution in [3.8, 4) is 0 Å². The van der Waals surface area contributed by atoms with Crippen LogP contribution in [0.4, 0.5) is 5.69 Å². The molecular weight excluding hydrogens is 381 g/mol. The lowest BCUT2D eigenvalue weighted by atomic mass is 9.72. The molecule has 156 valence electrons. The van der Waals surface area contributed by atoms with Gasteiger partial charge in [0.25, 0.3) is 0 Å². The van der Waals surface area contributed by atoms with Crippen LogP contribution in [0.25, 0.3) is 5.57 Å². The van der Waals surface area contributed by atoms with Crippen molar-refractivity contribution < 1.29 is 9.60 Å². The van der Waals surface area contributed by atoms with Crippen molar-refractivity contribution in [1.82, 2.24) is 4.48 Å². The van der Waals surface area contributed by atoms with Crippen LogP contribution in [-0.4, -0.2) is 33.9 Å². The Kier molecular flexibility index (Phi) is 5.46. The van der Waals surface area contributed by atoms with Crippen molar-refractivity contribution in [3.63, 3.8) is 0 Å². The number of hydrogen-bond donors (Lipinski definition) is 2. The van der Waals surface area contributed by atoms with Crippen LogP contribution in [-0.2, 0) is 0 Å². The largest absolute Gasteiger partial charge is 0.453 e. The van der Waals surface area contributed by atoms with Crippen LogP contribution < -0.4 is 11.2 Å². The fourth-order valence-electron chi connectivity index (χ4n) is 4.54. The summed E-state index contributed by atoms with van der Waals surface area (Å²) in [5.41, 5.74) is 16.4. The molecule has 4 nitrogen and oxygen atoms in total. The summed E-state index contributed by atoms with van der Waals surface area (Å²) in [4.78, 5) is 0. The van der Waals surface area contributed by atoms with E-state index in [2.05, 4.69) is 56.7 Å². The van der Waals surface area contributed by atoms with Crippen LogP contribution >= 0.6 is 0 Å². The molecular formula is C26H29BN3O+. The van der Waals surface area contributed by atoms with Gasteiger partial charge in [0.15, 0.2) is 5.71 Å². The van der Waals surface area contributed by atoms with Crippen molar-refractivity contribution >= 4 is 29.5 Å². The van der Waals surface area contributed by atoms with Gasteiger partial charge in [0, 0.05) is 35.6 Å². The molecule has 2 heterocycles. The van der Waals surface area contributed by atoms with E-state index < -0.39 is 7.05 Å². The summed E-state index contributed by atoms with van der Waals surface area (Å²) in [5.74, 6) is 0. The van der Waals surface area contributed by atoms with E-state index in [4.69, 9.17) is 5.73 Å². The third-order valence-corrected chi connectivity index (χ3v) is 6.10. The summed E-state index contributed by atoms with van der Waals surface area (Å²) in [6, 6.07) is 19.9. The zero-order valence-corrected chi connectivity index (χ0v) is 18.8. The highest BCUT2D eigenvalue weighted by molar-refractivity contribution is 6.65. The van der Waals surface area contributed by atoms with E-state index in [-0.39, 0.29) is 0 Å². The standard InChI is InChI=1S/C26H28BN3O/c1-17-15-19(3)29(5)25(17)24(21-11-13-23(28)14-12-21)26-18(2)16-20(4)30(26)27(31)22-9-7-6-8-10-22/h6-16,28,31H,1-5H3/p+1. The van der Waals surface area contributed by atoms with Gasteiger partial charge >= 0.3 is 7.05 Å². The number of allylic oxidation sites excluding steroid dienone is 2. The van der Waals surface area contributed by atoms with Gasteiger partial charge in [-0.3, -0.25) is 0 Å². The molecule has 1 aliphatic heterocycles. The number of aryl methyl sites for hydroxylation is 2. The highest BCUT2D eigenvalue weighted by Gasteiger charge is 2.33. The minimum Gasteiger partial charge on any atom is -0.428 e. The average Bonchev–Trinajstić information content (AvgIpc) is 3.18. The van der Waals surface area contributed by atoms with Crippen LogP contribution in [0.15, 0.2) is 78.0 Å². The van der Waals surface area contributed by atoms with Gasteiger partial charge in [-0.15, -0.1) is 0 Å². The number of benzene rings is 2. The van der Waals surface area contributed by atoms with Crippen LogP contribution in [0.5, 0.6) is 0 Å². The Labute approximate surface area is 184 Å². The maximum Gasteiger partial charge on any atom is 0.453 e. The molecule has 0 amide bonds. The molecule has 4 rings (SSSR count). The highest BCUT2D eigenvalue weighted by atomic mass is 16.2. The summed E-state index contributed by atoms with van der Waals surface area (Å²) in [5, 5.41) is 11.4. The Morgan fingerprint density at radius 1 is 0.968 bits per heavy atom. The van der Waals surface area contributed by atoms with Gasteiger partial charge in [0.1, 0.15) is 7.05 Å². The topological polar surface area (TPSA) is 54.2 Å². The zero-order chi connectivity index (χ0) is 22.3. The van der Waals surface area contributed by atoms with E-state index in [1.807, 2.05) is 53.9 Å². The summed E-state index contributed by atoms with van der Waals surface area (Å²) in [6.45, 7) is 8.42. The zero-order valence-electron chi connectivity index (χ0n) is 18.8. The lowest BCUT2D eigenvalue weighted by Gasteiger charge is -2.19. The van der Waals surface area contributed by atoms with Gasteiger partial charge in [0.2, 0.25) is 5.70 Å². The summed E-state index contributed by atoms with van der Waals surface area (Å²) >= 11 is 0. The average molecular weight is 410 g/mol. The van der Waals surface area contributed by atoms with E-state index in [0.717, 1.165) is 44.9 Å². The van der Waals surface area contributed by atoms with Crippen molar-refractivity contribution in [2.45, 2.75) is 27.7 Å². The van der Waals surface area contributed by atoms with Gasteiger partial charge in [-0.05, 0) is 55.6 Å². The molecule has 0 saturated heterocycles. The number of nitrogens with two attached hydrogens (primary N) is 1. The van der Waals surface area contributed by atoms with Crippen molar-refractivity contribution in [2.24, 2.45) is 0 Å². The maximum absolute atomic E-state index is 11.4.